The average Bonchev–Trinajstić information content (AvgIpc) is 2.80. The van der Waals surface area contributed by atoms with Crippen molar-refractivity contribution >= 4 is 61.7 Å². The molecule has 0 radical (unpaired) electrons. The maximum atomic E-state index is 12.1. The normalized spacial score (nSPS) is 10.4. The molecule has 0 atom stereocenters. The Hall–Kier alpha value is -1.00. The van der Waals surface area contributed by atoms with Gasteiger partial charge in [-0.3, -0.25) is 4.79 Å². The molecular formula is C13H10BrIN2O3S. The first kappa shape index (κ1) is 16.4. The summed E-state index contributed by atoms with van der Waals surface area (Å²) in [4.78, 5) is 27.4. The SMILES string of the molecule is Cc1nc(CNC(=O)c2cc(I)ccc2Br)sc1C(=O)O. The number of aromatic nitrogens is 1. The number of carbonyl (C=O) groups excluding carboxylic acids is 1. The van der Waals surface area contributed by atoms with E-state index in [2.05, 4.69) is 48.8 Å². The fraction of sp³-hybridized carbons (Fsp3) is 0.154. The lowest BCUT2D eigenvalue weighted by atomic mass is 10.2. The van der Waals surface area contributed by atoms with Crippen LogP contribution < -0.4 is 5.32 Å². The molecule has 5 nitrogen and oxygen atoms in total. The third-order valence-corrected chi connectivity index (χ3v) is 5.12. The minimum Gasteiger partial charge on any atom is -0.477 e. The van der Waals surface area contributed by atoms with Crippen LogP contribution in [0.15, 0.2) is 22.7 Å². The Bertz CT molecular complexity index is 717. The van der Waals surface area contributed by atoms with Crippen LogP contribution in [0.1, 0.15) is 30.7 Å². The second-order valence-electron chi connectivity index (χ2n) is 4.13. The minimum atomic E-state index is -0.997. The Kier molecular flexibility index (Phi) is 5.33. The Morgan fingerprint density at radius 3 is 2.81 bits per heavy atom. The Morgan fingerprint density at radius 2 is 2.19 bits per heavy atom. The molecule has 8 heteroatoms. The molecule has 0 aliphatic carbocycles. The molecule has 0 saturated carbocycles. The van der Waals surface area contributed by atoms with Gasteiger partial charge in [-0.15, -0.1) is 11.3 Å². The van der Waals surface area contributed by atoms with Crippen LogP contribution in [-0.2, 0) is 6.54 Å². The molecule has 21 heavy (non-hydrogen) atoms. The monoisotopic (exact) mass is 480 g/mol. The number of hydrogen-bond acceptors (Lipinski definition) is 4. The van der Waals surface area contributed by atoms with Gasteiger partial charge >= 0.3 is 5.97 Å². The van der Waals surface area contributed by atoms with Gasteiger partial charge in [0.15, 0.2) is 0 Å². The van der Waals surface area contributed by atoms with E-state index in [1.165, 1.54) is 0 Å². The van der Waals surface area contributed by atoms with Crippen molar-refractivity contribution < 1.29 is 14.7 Å². The topological polar surface area (TPSA) is 79.3 Å². The van der Waals surface area contributed by atoms with Gasteiger partial charge in [0.1, 0.15) is 9.88 Å². The van der Waals surface area contributed by atoms with E-state index in [0.29, 0.717) is 20.7 Å². The number of nitrogens with one attached hydrogen (secondary N) is 1. The predicted molar refractivity (Wildman–Crippen MR) is 91.8 cm³/mol. The van der Waals surface area contributed by atoms with Crippen LogP contribution in [0.5, 0.6) is 0 Å². The zero-order valence-electron chi connectivity index (χ0n) is 10.8. The van der Waals surface area contributed by atoms with Gasteiger partial charge in [0.2, 0.25) is 0 Å². The number of hydrogen-bond donors (Lipinski definition) is 2. The number of carbonyl (C=O) groups is 2. The summed E-state index contributed by atoms with van der Waals surface area (Å²) in [6.45, 7) is 1.84. The highest BCUT2D eigenvalue weighted by molar-refractivity contribution is 14.1. The van der Waals surface area contributed by atoms with Crippen LogP contribution in [0.3, 0.4) is 0 Å². The second kappa shape index (κ2) is 6.84. The molecule has 1 aromatic heterocycles. The Morgan fingerprint density at radius 1 is 1.48 bits per heavy atom. The van der Waals surface area contributed by atoms with Crippen LogP contribution in [0, 0.1) is 10.5 Å². The summed E-state index contributed by atoms with van der Waals surface area (Å²) in [6, 6.07) is 5.48. The summed E-state index contributed by atoms with van der Waals surface area (Å²) in [6.07, 6.45) is 0. The standard InChI is InChI=1S/C13H10BrIN2O3S/c1-6-11(13(19)20)21-10(17-6)5-16-12(18)8-4-7(15)2-3-9(8)14/h2-4H,5H2,1H3,(H,16,18)(H,19,20). The predicted octanol–water partition coefficient (Wildman–Crippen LogP) is 3.45. The number of thiazole rings is 1. The average molecular weight is 481 g/mol. The van der Waals surface area contributed by atoms with E-state index in [-0.39, 0.29) is 17.3 Å². The van der Waals surface area contributed by atoms with Crippen LogP contribution in [-0.4, -0.2) is 22.0 Å². The summed E-state index contributed by atoms with van der Waals surface area (Å²) < 4.78 is 1.67. The largest absolute Gasteiger partial charge is 0.477 e. The van der Waals surface area contributed by atoms with Crippen molar-refractivity contribution in [2.75, 3.05) is 0 Å². The smallest absolute Gasteiger partial charge is 0.347 e. The first-order valence-electron chi connectivity index (χ1n) is 5.81. The van der Waals surface area contributed by atoms with Gasteiger partial charge in [-0.2, -0.15) is 0 Å². The van der Waals surface area contributed by atoms with Crippen molar-refractivity contribution in [3.8, 4) is 0 Å². The number of nitrogens with zero attached hydrogens (tertiary/aromatic N) is 1. The van der Waals surface area contributed by atoms with E-state index in [1.807, 2.05) is 12.1 Å². The van der Waals surface area contributed by atoms with Gasteiger partial charge in [-0.05, 0) is 63.6 Å². The van der Waals surface area contributed by atoms with Crippen molar-refractivity contribution in [1.29, 1.82) is 0 Å². The molecule has 0 spiro atoms. The quantitative estimate of drug-likeness (QED) is 0.657. The van der Waals surface area contributed by atoms with Gasteiger partial charge in [0.05, 0.1) is 17.8 Å². The first-order valence-corrected chi connectivity index (χ1v) is 8.50. The van der Waals surface area contributed by atoms with Gasteiger partial charge < -0.3 is 10.4 Å². The molecule has 0 unspecified atom stereocenters. The van der Waals surface area contributed by atoms with E-state index in [1.54, 1.807) is 13.0 Å². The fourth-order valence-electron chi connectivity index (χ4n) is 1.65. The lowest BCUT2D eigenvalue weighted by Gasteiger charge is -2.06. The van der Waals surface area contributed by atoms with Crippen molar-refractivity contribution in [3.05, 3.63) is 47.4 Å². The van der Waals surface area contributed by atoms with Crippen molar-refractivity contribution in [2.24, 2.45) is 0 Å². The van der Waals surface area contributed by atoms with Gasteiger partial charge in [-0.25, -0.2) is 9.78 Å². The summed E-state index contributed by atoms with van der Waals surface area (Å²) in [7, 11) is 0. The number of halogens is 2. The highest BCUT2D eigenvalue weighted by Gasteiger charge is 2.15. The van der Waals surface area contributed by atoms with Crippen LogP contribution in [0.4, 0.5) is 0 Å². The molecule has 0 aliphatic rings. The summed E-state index contributed by atoms with van der Waals surface area (Å²) in [5.74, 6) is -1.23. The number of carboxylic acids is 1. The summed E-state index contributed by atoms with van der Waals surface area (Å²) >= 11 is 6.54. The van der Waals surface area contributed by atoms with Crippen LogP contribution >= 0.6 is 49.9 Å². The Balaban J connectivity index is 2.09. The minimum absolute atomic E-state index is 0.203. The highest BCUT2D eigenvalue weighted by Crippen LogP contribution is 2.20. The molecule has 2 aromatic rings. The molecule has 1 amide bonds. The van der Waals surface area contributed by atoms with Gasteiger partial charge in [-0.1, -0.05) is 0 Å². The maximum absolute atomic E-state index is 12.1. The van der Waals surface area contributed by atoms with Gasteiger partial charge in [0.25, 0.3) is 5.91 Å². The van der Waals surface area contributed by atoms with E-state index >= 15 is 0 Å². The number of amides is 1. The summed E-state index contributed by atoms with van der Waals surface area (Å²) in [5, 5.41) is 12.3. The lowest BCUT2D eigenvalue weighted by molar-refractivity contribution is 0.0701. The first-order chi connectivity index (χ1) is 9.88. The molecule has 110 valence electrons. The second-order valence-corrected chi connectivity index (χ2v) is 7.32. The highest BCUT2D eigenvalue weighted by atomic mass is 127. The molecule has 0 fully saturated rings. The fourth-order valence-corrected chi connectivity index (χ4v) is 3.41. The third kappa shape index (κ3) is 4.01. The van der Waals surface area contributed by atoms with E-state index in [0.717, 1.165) is 14.9 Å². The van der Waals surface area contributed by atoms with E-state index < -0.39 is 5.97 Å². The molecule has 2 N–H and O–H groups in total. The van der Waals surface area contributed by atoms with Gasteiger partial charge in [0, 0.05) is 8.04 Å². The number of aromatic carboxylic acids is 1. The third-order valence-electron chi connectivity index (χ3n) is 2.61. The van der Waals surface area contributed by atoms with Crippen LogP contribution in [0.25, 0.3) is 0 Å². The van der Waals surface area contributed by atoms with Crippen molar-refractivity contribution in [2.45, 2.75) is 13.5 Å². The molecule has 2 rings (SSSR count). The molecule has 0 bridgehead atoms. The maximum Gasteiger partial charge on any atom is 0.347 e. The zero-order valence-corrected chi connectivity index (χ0v) is 15.4. The number of benzene rings is 1. The Labute approximate surface area is 147 Å². The molecule has 0 aliphatic heterocycles. The van der Waals surface area contributed by atoms with Crippen molar-refractivity contribution in [3.63, 3.8) is 0 Å². The van der Waals surface area contributed by atoms with E-state index in [9.17, 15) is 9.59 Å². The molecule has 1 heterocycles. The number of carboxylic acid groups (broad SMARTS) is 1. The van der Waals surface area contributed by atoms with Crippen molar-refractivity contribution in [1.82, 2.24) is 10.3 Å². The lowest BCUT2D eigenvalue weighted by Crippen LogP contribution is -2.23. The number of aryl methyl sites for hydroxylation is 1. The molecule has 0 saturated heterocycles. The zero-order chi connectivity index (χ0) is 15.6. The van der Waals surface area contributed by atoms with E-state index in [4.69, 9.17) is 5.11 Å². The molecule has 1 aromatic carbocycles. The van der Waals surface area contributed by atoms with Crippen LogP contribution in [0.2, 0.25) is 0 Å². The summed E-state index contributed by atoms with van der Waals surface area (Å²) in [5.41, 5.74) is 1.00. The molecular weight excluding hydrogens is 471 g/mol. The number of rotatable bonds is 4.